The van der Waals surface area contributed by atoms with Crippen molar-refractivity contribution >= 4 is 17.9 Å². The number of nitrogens with zero attached hydrogens (tertiary/aromatic N) is 5. The molecule has 7 nitrogen and oxygen atoms in total. The first kappa shape index (κ1) is 13.9. The van der Waals surface area contributed by atoms with Gasteiger partial charge in [0.25, 0.3) is 0 Å². The van der Waals surface area contributed by atoms with Gasteiger partial charge in [0.15, 0.2) is 0 Å². The van der Waals surface area contributed by atoms with Crippen molar-refractivity contribution in [2.45, 2.75) is 19.4 Å². The van der Waals surface area contributed by atoms with E-state index in [4.69, 9.17) is 4.74 Å². The third kappa shape index (κ3) is 2.59. The molecule has 0 aliphatic carbocycles. The Kier molecular flexibility index (Phi) is 3.57. The summed E-state index contributed by atoms with van der Waals surface area (Å²) in [5.74, 6) is 1.66. The summed E-state index contributed by atoms with van der Waals surface area (Å²) < 4.78 is 5.11. The summed E-state index contributed by atoms with van der Waals surface area (Å²) in [6.07, 6.45) is 0.687. The minimum atomic E-state index is -0.189. The second kappa shape index (κ2) is 5.38. The number of anilines is 2. The average Bonchev–Trinajstić information content (AvgIpc) is 2.87. The van der Waals surface area contributed by atoms with Crippen LogP contribution >= 0.6 is 0 Å². The van der Waals surface area contributed by atoms with E-state index in [0.717, 1.165) is 37.0 Å². The van der Waals surface area contributed by atoms with E-state index < -0.39 is 0 Å². The number of rotatable bonds is 3. The fourth-order valence-electron chi connectivity index (χ4n) is 2.71. The number of fused-ring (bicyclic) bond motifs is 1. The molecule has 2 aliphatic rings. The molecule has 0 saturated carbocycles. The van der Waals surface area contributed by atoms with E-state index >= 15 is 0 Å². The normalized spacial score (nSPS) is 21.3. The summed E-state index contributed by atoms with van der Waals surface area (Å²) in [7, 11) is 3.89. The zero-order valence-corrected chi connectivity index (χ0v) is 12.7. The Morgan fingerprint density at radius 3 is 2.90 bits per heavy atom. The molecule has 0 radical (unpaired) electrons. The fourth-order valence-corrected chi connectivity index (χ4v) is 2.71. The highest BCUT2D eigenvalue weighted by atomic mass is 16.6. The molecule has 0 bridgehead atoms. The van der Waals surface area contributed by atoms with Crippen LogP contribution in [-0.4, -0.2) is 67.3 Å². The summed E-state index contributed by atoms with van der Waals surface area (Å²) in [4.78, 5) is 26.7. The van der Waals surface area contributed by atoms with Gasteiger partial charge in [-0.1, -0.05) is 6.92 Å². The van der Waals surface area contributed by atoms with E-state index in [-0.39, 0.29) is 12.1 Å². The van der Waals surface area contributed by atoms with Gasteiger partial charge in [-0.2, -0.15) is 4.98 Å². The van der Waals surface area contributed by atoms with E-state index in [2.05, 4.69) is 21.8 Å². The molecule has 2 aliphatic heterocycles. The van der Waals surface area contributed by atoms with Crippen molar-refractivity contribution in [1.29, 1.82) is 0 Å². The molecule has 1 unspecified atom stereocenters. The highest BCUT2D eigenvalue weighted by Gasteiger charge is 2.37. The molecule has 2 fully saturated rings. The summed E-state index contributed by atoms with van der Waals surface area (Å²) in [6, 6.07) is 2.18. The van der Waals surface area contributed by atoms with Crippen molar-refractivity contribution in [3.05, 3.63) is 11.8 Å². The maximum atomic E-state index is 11.5. The van der Waals surface area contributed by atoms with E-state index in [9.17, 15) is 4.79 Å². The highest BCUT2D eigenvalue weighted by Crippen LogP contribution is 2.23. The van der Waals surface area contributed by atoms with E-state index in [0.29, 0.717) is 13.2 Å². The van der Waals surface area contributed by atoms with Crippen LogP contribution in [0.15, 0.2) is 6.07 Å². The van der Waals surface area contributed by atoms with Gasteiger partial charge in [0, 0.05) is 45.5 Å². The number of carbonyl (C=O) groups excluding carboxylic acids is 1. The van der Waals surface area contributed by atoms with Crippen molar-refractivity contribution in [2.75, 3.05) is 50.1 Å². The molecule has 1 aromatic rings. The van der Waals surface area contributed by atoms with Crippen LogP contribution in [0.3, 0.4) is 0 Å². The molecule has 3 heterocycles. The van der Waals surface area contributed by atoms with Gasteiger partial charge in [0.05, 0.1) is 6.04 Å². The zero-order chi connectivity index (χ0) is 15.0. The van der Waals surface area contributed by atoms with Crippen molar-refractivity contribution in [3.8, 4) is 0 Å². The molecule has 0 aromatic carbocycles. The van der Waals surface area contributed by atoms with Crippen molar-refractivity contribution in [3.63, 3.8) is 0 Å². The Morgan fingerprint density at radius 1 is 1.38 bits per heavy atom. The molecule has 2 saturated heterocycles. The zero-order valence-electron chi connectivity index (χ0n) is 12.7. The second-order valence-electron chi connectivity index (χ2n) is 5.64. The van der Waals surface area contributed by atoms with Crippen LogP contribution in [0, 0.1) is 0 Å². The topological polar surface area (TPSA) is 61.8 Å². The molecule has 0 N–H and O–H groups in total. The Labute approximate surface area is 124 Å². The van der Waals surface area contributed by atoms with E-state index in [1.807, 2.05) is 30.0 Å². The molecule has 0 spiro atoms. The van der Waals surface area contributed by atoms with Crippen molar-refractivity contribution in [1.82, 2.24) is 14.9 Å². The number of aromatic nitrogens is 2. The molecule has 21 heavy (non-hydrogen) atoms. The minimum absolute atomic E-state index is 0.133. The molecule has 1 atom stereocenters. The van der Waals surface area contributed by atoms with Crippen LogP contribution in [0.1, 0.15) is 12.6 Å². The van der Waals surface area contributed by atoms with Gasteiger partial charge in [-0.25, -0.2) is 9.78 Å². The largest absolute Gasteiger partial charge is 0.447 e. The van der Waals surface area contributed by atoms with Gasteiger partial charge < -0.3 is 14.5 Å². The quantitative estimate of drug-likeness (QED) is 0.819. The highest BCUT2D eigenvalue weighted by molar-refractivity contribution is 5.70. The molecule has 114 valence electrons. The Balaban J connectivity index is 1.83. The van der Waals surface area contributed by atoms with Gasteiger partial charge >= 0.3 is 6.09 Å². The first-order valence-corrected chi connectivity index (χ1v) is 7.32. The summed E-state index contributed by atoms with van der Waals surface area (Å²) in [6.45, 7) is 4.79. The van der Waals surface area contributed by atoms with Crippen LogP contribution in [0.25, 0.3) is 0 Å². The number of ether oxygens (including phenoxy) is 1. The standard InChI is InChI=1S/C14H21N5O2/c1-4-10-7-12(16-13(15-10)17(2)3)18-5-6-19-11(8-18)9-21-14(19)20/h7,11H,4-6,8-9H2,1-3H3. The predicted molar refractivity (Wildman–Crippen MR) is 79.8 cm³/mol. The van der Waals surface area contributed by atoms with Crippen LogP contribution < -0.4 is 9.80 Å². The minimum Gasteiger partial charge on any atom is -0.447 e. The summed E-state index contributed by atoms with van der Waals surface area (Å²) >= 11 is 0. The number of hydrogen-bond acceptors (Lipinski definition) is 6. The monoisotopic (exact) mass is 291 g/mol. The number of piperazine rings is 1. The molecular weight excluding hydrogens is 270 g/mol. The van der Waals surface area contributed by atoms with Gasteiger partial charge in [0.2, 0.25) is 5.95 Å². The Morgan fingerprint density at radius 2 is 2.19 bits per heavy atom. The van der Waals surface area contributed by atoms with Crippen molar-refractivity contribution in [2.24, 2.45) is 0 Å². The second-order valence-corrected chi connectivity index (χ2v) is 5.64. The van der Waals surface area contributed by atoms with E-state index in [1.165, 1.54) is 0 Å². The van der Waals surface area contributed by atoms with Gasteiger partial charge in [-0.15, -0.1) is 0 Å². The molecule has 1 amide bonds. The van der Waals surface area contributed by atoms with Crippen LogP contribution in [-0.2, 0) is 11.2 Å². The summed E-state index contributed by atoms with van der Waals surface area (Å²) in [5, 5.41) is 0. The SMILES string of the molecule is CCc1cc(N2CCN3C(=O)OCC3C2)nc(N(C)C)n1. The van der Waals surface area contributed by atoms with Crippen LogP contribution in [0.4, 0.5) is 16.6 Å². The number of amides is 1. The maximum absolute atomic E-state index is 11.5. The number of carbonyl (C=O) groups is 1. The lowest BCUT2D eigenvalue weighted by Gasteiger charge is -2.36. The first-order valence-electron chi connectivity index (χ1n) is 7.32. The lowest BCUT2D eigenvalue weighted by Crippen LogP contribution is -2.52. The lowest BCUT2D eigenvalue weighted by molar-refractivity contribution is 0.157. The van der Waals surface area contributed by atoms with Crippen molar-refractivity contribution < 1.29 is 9.53 Å². The van der Waals surface area contributed by atoms with Gasteiger partial charge in [-0.05, 0) is 6.42 Å². The van der Waals surface area contributed by atoms with E-state index in [1.54, 1.807) is 0 Å². The number of cyclic esters (lactones) is 1. The average molecular weight is 291 g/mol. The lowest BCUT2D eigenvalue weighted by atomic mass is 10.2. The first-order chi connectivity index (χ1) is 10.1. The third-order valence-corrected chi connectivity index (χ3v) is 3.96. The number of hydrogen-bond donors (Lipinski definition) is 0. The molecule has 3 rings (SSSR count). The molecule has 1 aromatic heterocycles. The molecular formula is C14H21N5O2. The third-order valence-electron chi connectivity index (χ3n) is 3.96. The van der Waals surface area contributed by atoms with Gasteiger partial charge in [0.1, 0.15) is 12.4 Å². The number of aryl methyl sites for hydroxylation is 1. The Hall–Kier alpha value is -2.05. The summed E-state index contributed by atoms with van der Waals surface area (Å²) in [5.41, 5.74) is 1.03. The maximum Gasteiger partial charge on any atom is 0.410 e. The van der Waals surface area contributed by atoms with Crippen LogP contribution in [0.2, 0.25) is 0 Å². The smallest absolute Gasteiger partial charge is 0.410 e. The fraction of sp³-hybridized carbons (Fsp3) is 0.643. The van der Waals surface area contributed by atoms with Crippen LogP contribution in [0.5, 0.6) is 0 Å². The predicted octanol–water partition coefficient (Wildman–Crippen LogP) is 0.746. The van der Waals surface area contributed by atoms with Gasteiger partial charge in [-0.3, -0.25) is 4.90 Å². The Bertz CT molecular complexity index is 548. The molecule has 7 heteroatoms.